The van der Waals surface area contributed by atoms with Crippen LogP contribution in [0.3, 0.4) is 0 Å². The summed E-state index contributed by atoms with van der Waals surface area (Å²) >= 11 is 0. The molecule has 2 aliphatic heterocycles. The highest BCUT2D eigenvalue weighted by atomic mass is 19.3. The van der Waals surface area contributed by atoms with Gasteiger partial charge in [-0.1, -0.05) is 13.8 Å². The lowest BCUT2D eigenvalue weighted by molar-refractivity contribution is -0.0220. The molecule has 0 amide bonds. The number of aromatic nitrogens is 16. The third-order valence-corrected chi connectivity index (χ3v) is 12.6. The summed E-state index contributed by atoms with van der Waals surface area (Å²) in [7, 11) is 4.01. The molecule has 0 unspecified atom stereocenters. The number of nitrogens with zero attached hydrogens (tertiary/aromatic N) is 15. The molecule has 10 aromatic heterocycles. The van der Waals surface area contributed by atoms with Crippen molar-refractivity contribution in [1.82, 2.24) is 84.7 Å². The second-order valence-electron chi connectivity index (χ2n) is 17.1. The number of halogens is 2. The Hall–Kier alpha value is -7.68. The molecule has 21 heteroatoms. The van der Waals surface area contributed by atoms with Crippen molar-refractivity contribution in [3.05, 3.63) is 74.1 Å². The minimum atomic E-state index is -2.61. The fraction of sp³-hybridized carbons (Fsp3) is 0.348. The summed E-state index contributed by atoms with van der Waals surface area (Å²) in [5, 5.41) is 25.7. The van der Waals surface area contributed by atoms with E-state index in [4.69, 9.17) is 9.97 Å². The van der Waals surface area contributed by atoms with Crippen LogP contribution < -0.4 is 9.80 Å². The molecule has 67 heavy (non-hydrogen) atoms. The van der Waals surface area contributed by atoms with Crippen LogP contribution >= 0.6 is 0 Å². The van der Waals surface area contributed by atoms with Crippen molar-refractivity contribution in [3.8, 4) is 45.6 Å². The van der Waals surface area contributed by atoms with Gasteiger partial charge in [0.15, 0.2) is 11.6 Å². The van der Waals surface area contributed by atoms with E-state index in [-0.39, 0.29) is 25.9 Å². The summed E-state index contributed by atoms with van der Waals surface area (Å²) in [5.74, 6) is -1.31. The first-order chi connectivity index (χ1) is 32.7. The summed E-state index contributed by atoms with van der Waals surface area (Å²) in [4.78, 5) is 41.0. The molecule has 4 N–H and O–H groups in total. The molecule has 1 aliphatic carbocycles. The van der Waals surface area contributed by atoms with Crippen LogP contribution in [0.15, 0.2) is 74.1 Å². The highest BCUT2D eigenvalue weighted by Gasteiger charge is 2.35. The van der Waals surface area contributed by atoms with E-state index in [2.05, 4.69) is 89.6 Å². The molecule has 2 saturated heterocycles. The largest absolute Gasteiger partial charge is 0.368 e. The Labute approximate surface area is 382 Å². The van der Waals surface area contributed by atoms with Crippen molar-refractivity contribution in [2.45, 2.75) is 51.5 Å². The van der Waals surface area contributed by atoms with E-state index < -0.39 is 5.92 Å². The molecular formula is C46H49F2N19. The number of aryl methyl sites for hydroxylation is 1. The van der Waals surface area contributed by atoms with Crippen molar-refractivity contribution < 1.29 is 8.78 Å². The number of piperidine rings is 1. The normalized spacial score (nSPS) is 16.4. The molecule has 19 nitrogen and oxygen atoms in total. The summed E-state index contributed by atoms with van der Waals surface area (Å²) in [5.41, 5.74) is 11.8. The van der Waals surface area contributed by atoms with Crippen molar-refractivity contribution in [2.75, 3.05) is 56.1 Å². The molecule has 0 atom stereocenters. The van der Waals surface area contributed by atoms with Gasteiger partial charge in [0, 0.05) is 93.5 Å². The maximum absolute atomic E-state index is 13.6. The van der Waals surface area contributed by atoms with Gasteiger partial charge in [0.1, 0.15) is 22.4 Å². The van der Waals surface area contributed by atoms with E-state index in [0.717, 1.165) is 110 Å². The molecule has 0 spiro atoms. The summed E-state index contributed by atoms with van der Waals surface area (Å²) in [6.45, 7) is 8.53. The van der Waals surface area contributed by atoms with Gasteiger partial charge in [0.2, 0.25) is 0 Å². The third kappa shape index (κ3) is 8.08. The predicted octanol–water partition coefficient (Wildman–Crippen LogP) is 7.40. The number of aromatic amines is 4. The lowest BCUT2D eigenvalue weighted by Gasteiger charge is -2.33. The van der Waals surface area contributed by atoms with Crippen LogP contribution in [0.2, 0.25) is 0 Å². The minimum Gasteiger partial charge on any atom is -0.368 e. The number of likely N-dealkylation sites (N-methyl/N-ethyl adjacent to an activating group) is 1. The Morgan fingerprint density at radius 2 is 1.12 bits per heavy atom. The zero-order chi connectivity index (χ0) is 45.8. The van der Waals surface area contributed by atoms with Gasteiger partial charge in [-0.15, -0.1) is 0 Å². The molecule has 0 bridgehead atoms. The number of rotatable bonds is 7. The fourth-order valence-corrected chi connectivity index (χ4v) is 8.72. The van der Waals surface area contributed by atoms with Crippen LogP contribution in [-0.4, -0.2) is 137 Å². The maximum Gasteiger partial charge on any atom is 0.251 e. The van der Waals surface area contributed by atoms with E-state index in [0.29, 0.717) is 23.1 Å². The number of imidazole rings is 2. The molecule has 342 valence electrons. The Morgan fingerprint density at radius 3 is 1.64 bits per heavy atom. The van der Waals surface area contributed by atoms with E-state index in [1.165, 1.54) is 12.8 Å². The van der Waals surface area contributed by atoms with Gasteiger partial charge < -0.3 is 24.7 Å². The molecule has 3 aliphatic rings. The van der Waals surface area contributed by atoms with Gasteiger partial charge in [-0.05, 0) is 32.0 Å². The SMILES string of the molecule is CC.CN1CCN(c2cncc3[nH]c(-c4n[nH]c5cnc(-c6cnn(C7CC7)c6)cc45)nc23)CC1.Cn1cc(-c2cc3c(-c4nc5c(N6CCC(F)(F)CC6)cncc5[nH]4)n[nH]c3cn2)cn1. The average molecular weight is 906 g/mol. The van der Waals surface area contributed by atoms with Gasteiger partial charge in [-0.2, -0.15) is 20.4 Å². The van der Waals surface area contributed by atoms with Crippen molar-refractivity contribution in [3.63, 3.8) is 0 Å². The molecule has 0 radical (unpaired) electrons. The quantitative estimate of drug-likeness (QED) is 0.123. The van der Waals surface area contributed by atoms with Gasteiger partial charge >= 0.3 is 0 Å². The van der Waals surface area contributed by atoms with Crippen LogP contribution in [0.5, 0.6) is 0 Å². The number of anilines is 2. The standard InChI is InChI=1S/C23H24N10.C21H19F2N9.C2H6/c1-31-4-6-32(7-5-31)20-12-24-10-19-22(20)28-23(27-19)21-16-8-17(25-11-18(16)29-30-21)14-9-26-33(13-14)15-2-3-15;1-31-11-12(7-26-31)14-6-13-15(9-25-14)29-30-18(13)20-27-16-8-24-10-17(19(16)28-20)32-4-2-21(22,23)3-5-32;1-2/h8-13,15H,2-7H2,1H3,(H,27,28)(H,29,30);6-11H,2-5H2,1H3,(H,27,28)(H,29,30);1-2H3. The zero-order valence-corrected chi connectivity index (χ0v) is 37.5. The van der Waals surface area contributed by atoms with Crippen LogP contribution in [0.4, 0.5) is 20.2 Å². The number of fused-ring (bicyclic) bond motifs is 4. The third-order valence-electron chi connectivity index (χ3n) is 12.6. The minimum absolute atomic E-state index is 0.172. The maximum atomic E-state index is 13.6. The van der Waals surface area contributed by atoms with Gasteiger partial charge in [0.25, 0.3) is 5.92 Å². The summed E-state index contributed by atoms with van der Waals surface area (Å²) in [6, 6.07) is 4.56. The summed E-state index contributed by atoms with van der Waals surface area (Å²) < 4.78 is 31.0. The second kappa shape index (κ2) is 17.0. The van der Waals surface area contributed by atoms with Gasteiger partial charge in [-0.25, -0.2) is 18.7 Å². The first-order valence-corrected chi connectivity index (χ1v) is 22.7. The number of pyridine rings is 4. The monoisotopic (exact) mass is 905 g/mol. The van der Waals surface area contributed by atoms with Crippen molar-refractivity contribution in [2.24, 2.45) is 7.05 Å². The smallest absolute Gasteiger partial charge is 0.251 e. The molecular weight excluding hydrogens is 857 g/mol. The first-order valence-electron chi connectivity index (χ1n) is 22.7. The van der Waals surface area contributed by atoms with Crippen molar-refractivity contribution in [1.29, 1.82) is 0 Å². The Morgan fingerprint density at radius 1 is 0.597 bits per heavy atom. The predicted molar refractivity (Wildman–Crippen MR) is 253 cm³/mol. The number of hydrogen-bond acceptors (Lipinski definition) is 13. The molecule has 10 aromatic rings. The zero-order valence-electron chi connectivity index (χ0n) is 37.5. The highest BCUT2D eigenvalue weighted by Crippen LogP contribution is 2.37. The first kappa shape index (κ1) is 42.0. The number of piperazine rings is 1. The van der Waals surface area contributed by atoms with Crippen LogP contribution in [0.25, 0.3) is 89.4 Å². The number of alkyl halides is 2. The Bertz CT molecular complexity index is 3350. The lowest BCUT2D eigenvalue weighted by Crippen LogP contribution is -2.44. The second-order valence-corrected chi connectivity index (χ2v) is 17.1. The van der Waals surface area contributed by atoms with Gasteiger partial charge in [-0.3, -0.25) is 39.5 Å². The lowest BCUT2D eigenvalue weighted by atomic mass is 10.1. The topological polar surface area (TPSA) is 212 Å². The average Bonchev–Trinajstić information content (AvgIpc) is 4.01. The van der Waals surface area contributed by atoms with E-state index >= 15 is 0 Å². The number of H-pyrrole nitrogens is 4. The molecule has 3 fully saturated rings. The van der Waals surface area contributed by atoms with Gasteiger partial charge in [0.05, 0.1) is 100 Å². The van der Waals surface area contributed by atoms with Crippen LogP contribution in [-0.2, 0) is 7.05 Å². The van der Waals surface area contributed by atoms with E-state index in [9.17, 15) is 8.78 Å². The van der Waals surface area contributed by atoms with Crippen LogP contribution in [0, 0.1) is 0 Å². The Kier molecular flexibility index (Phi) is 10.6. The number of hydrogen-bond donors (Lipinski definition) is 4. The Balaban J connectivity index is 0.000000142. The molecule has 1 saturated carbocycles. The number of nitrogens with one attached hydrogen (secondary N) is 4. The van der Waals surface area contributed by atoms with E-state index in [1.807, 2.05) is 67.5 Å². The molecule has 0 aromatic carbocycles. The van der Waals surface area contributed by atoms with Crippen LogP contribution in [0.1, 0.15) is 45.6 Å². The fourth-order valence-electron chi connectivity index (χ4n) is 8.72. The summed E-state index contributed by atoms with van der Waals surface area (Å²) in [6.07, 6.45) is 20.4. The highest BCUT2D eigenvalue weighted by molar-refractivity contribution is 5.98. The molecule has 12 heterocycles. The molecule has 13 rings (SSSR count). The van der Waals surface area contributed by atoms with Crippen molar-refractivity contribution >= 4 is 55.2 Å². The van der Waals surface area contributed by atoms with E-state index in [1.54, 1.807) is 29.5 Å².